The summed E-state index contributed by atoms with van der Waals surface area (Å²) in [7, 11) is 0. The summed E-state index contributed by atoms with van der Waals surface area (Å²) >= 11 is 3.36. The fourth-order valence-electron chi connectivity index (χ4n) is 2.12. The third kappa shape index (κ3) is 3.07. The number of rotatable bonds is 1. The molecular formula is C13H16BrNO2. The molecule has 0 N–H and O–H groups in total. The van der Waals surface area contributed by atoms with Gasteiger partial charge in [-0.2, -0.15) is 0 Å². The number of carbonyl (C=O) groups is 1. The fourth-order valence-corrected chi connectivity index (χ4v) is 2.38. The molecule has 17 heavy (non-hydrogen) atoms. The van der Waals surface area contributed by atoms with Gasteiger partial charge in [0.05, 0.1) is 12.2 Å². The van der Waals surface area contributed by atoms with Crippen molar-refractivity contribution in [2.24, 2.45) is 0 Å². The molecule has 2 rings (SSSR count). The summed E-state index contributed by atoms with van der Waals surface area (Å²) in [5, 5.41) is 0. The molecule has 0 unspecified atom stereocenters. The maximum atomic E-state index is 12.3. The van der Waals surface area contributed by atoms with Gasteiger partial charge in [0.2, 0.25) is 0 Å². The summed E-state index contributed by atoms with van der Waals surface area (Å²) in [6, 6.07) is 7.47. The smallest absolute Gasteiger partial charge is 0.254 e. The number of halogens is 1. The van der Waals surface area contributed by atoms with Crippen LogP contribution in [0.5, 0.6) is 0 Å². The molecule has 0 aromatic heterocycles. The van der Waals surface area contributed by atoms with E-state index in [1.54, 1.807) is 0 Å². The lowest BCUT2D eigenvalue weighted by Crippen LogP contribution is -2.48. The van der Waals surface area contributed by atoms with E-state index in [0.29, 0.717) is 13.1 Å². The predicted molar refractivity (Wildman–Crippen MR) is 70.1 cm³/mol. The summed E-state index contributed by atoms with van der Waals surface area (Å²) in [6.45, 7) is 5.33. The van der Waals surface area contributed by atoms with E-state index < -0.39 is 0 Å². The predicted octanol–water partition coefficient (Wildman–Crippen LogP) is 2.70. The normalized spacial score (nSPS) is 24.8. The minimum Gasteiger partial charge on any atom is -0.372 e. The van der Waals surface area contributed by atoms with E-state index in [-0.39, 0.29) is 18.1 Å². The van der Waals surface area contributed by atoms with Crippen LogP contribution in [0.25, 0.3) is 0 Å². The van der Waals surface area contributed by atoms with E-state index in [1.807, 2.05) is 43.0 Å². The Kier molecular flexibility index (Phi) is 3.84. The standard InChI is InChI=1S/C13H16BrNO2/c1-9-7-15(8-10(2)17-9)13(16)11-3-5-12(14)6-4-11/h3-6,9-10H,7-8H2,1-2H3/t9-,10-/m1/s1. The molecule has 1 aromatic carbocycles. The van der Waals surface area contributed by atoms with Crippen LogP contribution in [0.2, 0.25) is 0 Å². The van der Waals surface area contributed by atoms with Crippen molar-refractivity contribution in [2.45, 2.75) is 26.1 Å². The van der Waals surface area contributed by atoms with Crippen molar-refractivity contribution >= 4 is 21.8 Å². The summed E-state index contributed by atoms with van der Waals surface area (Å²) < 4.78 is 6.60. The van der Waals surface area contributed by atoms with Crippen LogP contribution in [-0.4, -0.2) is 36.1 Å². The number of nitrogens with zero attached hydrogens (tertiary/aromatic N) is 1. The van der Waals surface area contributed by atoms with Crippen molar-refractivity contribution in [3.05, 3.63) is 34.3 Å². The van der Waals surface area contributed by atoms with Crippen molar-refractivity contribution in [2.75, 3.05) is 13.1 Å². The first-order valence-corrected chi connectivity index (χ1v) is 6.56. The maximum absolute atomic E-state index is 12.3. The van der Waals surface area contributed by atoms with Crippen molar-refractivity contribution < 1.29 is 9.53 Å². The number of morpholine rings is 1. The first kappa shape index (κ1) is 12.6. The lowest BCUT2D eigenvalue weighted by molar-refractivity contribution is -0.0586. The molecule has 1 aromatic rings. The third-order valence-electron chi connectivity index (χ3n) is 2.80. The van der Waals surface area contributed by atoms with Gasteiger partial charge in [-0.25, -0.2) is 0 Å². The van der Waals surface area contributed by atoms with Gasteiger partial charge in [-0.3, -0.25) is 4.79 Å². The number of hydrogen-bond acceptors (Lipinski definition) is 2. The zero-order chi connectivity index (χ0) is 12.4. The van der Waals surface area contributed by atoms with Gasteiger partial charge in [-0.1, -0.05) is 15.9 Å². The van der Waals surface area contributed by atoms with E-state index >= 15 is 0 Å². The average Bonchev–Trinajstić information content (AvgIpc) is 2.28. The quantitative estimate of drug-likeness (QED) is 0.798. The lowest BCUT2D eigenvalue weighted by Gasteiger charge is -2.35. The molecule has 2 atom stereocenters. The fraction of sp³-hybridized carbons (Fsp3) is 0.462. The van der Waals surface area contributed by atoms with Crippen LogP contribution in [0.3, 0.4) is 0 Å². The lowest BCUT2D eigenvalue weighted by atomic mass is 10.1. The minimum absolute atomic E-state index is 0.0829. The van der Waals surface area contributed by atoms with E-state index in [2.05, 4.69) is 15.9 Å². The van der Waals surface area contributed by atoms with E-state index in [4.69, 9.17) is 4.74 Å². The monoisotopic (exact) mass is 297 g/mol. The highest BCUT2D eigenvalue weighted by Crippen LogP contribution is 2.16. The number of ether oxygens (including phenoxy) is 1. The van der Waals surface area contributed by atoms with Crippen LogP contribution in [0, 0.1) is 0 Å². The zero-order valence-electron chi connectivity index (χ0n) is 10.0. The second-order valence-electron chi connectivity index (χ2n) is 4.47. The van der Waals surface area contributed by atoms with Crippen molar-refractivity contribution in [1.29, 1.82) is 0 Å². The van der Waals surface area contributed by atoms with Gasteiger partial charge in [0.1, 0.15) is 0 Å². The molecule has 1 heterocycles. The second-order valence-corrected chi connectivity index (χ2v) is 5.39. The Balaban J connectivity index is 2.11. The van der Waals surface area contributed by atoms with Crippen LogP contribution in [-0.2, 0) is 4.74 Å². The largest absolute Gasteiger partial charge is 0.372 e. The van der Waals surface area contributed by atoms with Gasteiger partial charge in [0, 0.05) is 23.1 Å². The maximum Gasteiger partial charge on any atom is 0.254 e. The molecule has 4 heteroatoms. The van der Waals surface area contributed by atoms with E-state index in [1.165, 1.54) is 0 Å². The van der Waals surface area contributed by atoms with Crippen molar-refractivity contribution in [1.82, 2.24) is 4.90 Å². The molecule has 1 saturated heterocycles. The zero-order valence-corrected chi connectivity index (χ0v) is 11.6. The van der Waals surface area contributed by atoms with Gasteiger partial charge < -0.3 is 9.64 Å². The van der Waals surface area contributed by atoms with Crippen LogP contribution < -0.4 is 0 Å². The highest BCUT2D eigenvalue weighted by molar-refractivity contribution is 9.10. The van der Waals surface area contributed by atoms with Crippen molar-refractivity contribution in [3.8, 4) is 0 Å². The van der Waals surface area contributed by atoms with Gasteiger partial charge in [-0.15, -0.1) is 0 Å². The first-order chi connectivity index (χ1) is 8.06. The molecule has 1 aliphatic rings. The molecule has 1 aliphatic heterocycles. The Labute approximate surface area is 110 Å². The van der Waals surface area contributed by atoms with Gasteiger partial charge in [0.15, 0.2) is 0 Å². The van der Waals surface area contributed by atoms with Gasteiger partial charge >= 0.3 is 0 Å². The number of carbonyl (C=O) groups excluding carboxylic acids is 1. The average molecular weight is 298 g/mol. The molecule has 92 valence electrons. The van der Waals surface area contributed by atoms with Crippen LogP contribution in [0.1, 0.15) is 24.2 Å². The van der Waals surface area contributed by atoms with Crippen LogP contribution >= 0.6 is 15.9 Å². The van der Waals surface area contributed by atoms with E-state index in [0.717, 1.165) is 10.0 Å². The Morgan fingerprint density at radius 1 is 1.24 bits per heavy atom. The molecular weight excluding hydrogens is 282 g/mol. The Morgan fingerprint density at radius 3 is 2.29 bits per heavy atom. The summed E-state index contributed by atoms with van der Waals surface area (Å²) in [6.07, 6.45) is 0.219. The molecule has 0 saturated carbocycles. The Morgan fingerprint density at radius 2 is 1.76 bits per heavy atom. The number of benzene rings is 1. The van der Waals surface area contributed by atoms with Crippen LogP contribution in [0.4, 0.5) is 0 Å². The van der Waals surface area contributed by atoms with Crippen LogP contribution in [0.15, 0.2) is 28.7 Å². The second kappa shape index (κ2) is 5.19. The molecule has 0 radical (unpaired) electrons. The third-order valence-corrected chi connectivity index (χ3v) is 3.33. The topological polar surface area (TPSA) is 29.5 Å². The summed E-state index contributed by atoms with van der Waals surface area (Å²) in [5.74, 6) is 0.0829. The molecule has 0 spiro atoms. The molecule has 3 nitrogen and oxygen atoms in total. The summed E-state index contributed by atoms with van der Waals surface area (Å²) in [4.78, 5) is 14.1. The Hall–Kier alpha value is -0.870. The van der Waals surface area contributed by atoms with Crippen molar-refractivity contribution in [3.63, 3.8) is 0 Å². The first-order valence-electron chi connectivity index (χ1n) is 5.76. The van der Waals surface area contributed by atoms with E-state index in [9.17, 15) is 4.79 Å². The molecule has 0 bridgehead atoms. The minimum atomic E-state index is 0.0829. The summed E-state index contributed by atoms with van der Waals surface area (Å²) in [5.41, 5.74) is 0.731. The van der Waals surface area contributed by atoms with Gasteiger partial charge in [0.25, 0.3) is 5.91 Å². The number of amides is 1. The van der Waals surface area contributed by atoms with Gasteiger partial charge in [-0.05, 0) is 38.1 Å². The SMILES string of the molecule is C[C@@H]1CN(C(=O)c2ccc(Br)cc2)C[C@@H](C)O1. The Bertz CT molecular complexity index is 394. The number of hydrogen-bond donors (Lipinski definition) is 0. The highest BCUT2D eigenvalue weighted by Gasteiger charge is 2.26. The molecule has 1 amide bonds. The molecule has 1 fully saturated rings. The molecule has 0 aliphatic carbocycles. The highest BCUT2D eigenvalue weighted by atomic mass is 79.9.